The molecule has 4 aromatic rings. The number of rotatable bonds is 7. The molecule has 17 heteroatoms. The van der Waals surface area contributed by atoms with E-state index in [-0.39, 0.29) is 44.7 Å². The predicted octanol–water partition coefficient (Wildman–Crippen LogP) is 6.04. The fourth-order valence-electron chi connectivity index (χ4n) is 4.14. The summed E-state index contributed by atoms with van der Waals surface area (Å²) in [6.45, 7) is 0.848. The highest BCUT2D eigenvalue weighted by Crippen LogP contribution is 2.37. The molecule has 1 fully saturated rings. The molecule has 0 aliphatic carbocycles. The zero-order valence-electron chi connectivity index (χ0n) is 22.0. The molecule has 226 valence electrons. The van der Waals surface area contributed by atoms with E-state index in [0.717, 1.165) is 17.4 Å². The molecule has 3 heterocycles. The molecule has 1 saturated heterocycles. The number of carbonyl (C=O) groups is 1. The van der Waals surface area contributed by atoms with Crippen molar-refractivity contribution in [1.82, 2.24) is 23.6 Å². The van der Waals surface area contributed by atoms with Crippen molar-refractivity contribution in [3.05, 3.63) is 77.6 Å². The molecule has 5 rings (SSSR count). The number of ether oxygens (including phenoxy) is 1. The number of piperazine rings is 1. The molecule has 2 amide bonds. The van der Waals surface area contributed by atoms with E-state index in [0.29, 0.717) is 29.6 Å². The average molecular weight is 625 g/mol. The topological polar surface area (TPSA) is 108 Å². The third kappa shape index (κ3) is 7.59. The first-order valence-corrected chi connectivity index (χ1v) is 13.4. The van der Waals surface area contributed by atoms with Crippen LogP contribution < -0.4 is 20.3 Å². The number of para-hydroxylation sites is 1. The van der Waals surface area contributed by atoms with E-state index in [4.69, 9.17) is 4.74 Å². The molecular formula is C26H22F6N8O2S. The fourth-order valence-corrected chi connectivity index (χ4v) is 4.66. The maximum Gasteiger partial charge on any atom is 0.416 e. The van der Waals surface area contributed by atoms with Gasteiger partial charge in [-0.25, -0.2) is 14.8 Å². The highest BCUT2D eigenvalue weighted by Gasteiger charge is 2.37. The Kier molecular flexibility index (Phi) is 8.52. The number of amides is 2. The van der Waals surface area contributed by atoms with Gasteiger partial charge in [0.2, 0.25) is 11.8 Å². The highest BCUT2D eigenvalue weighted by molar-refractivity contribution is 6.99. The summed E-state index contributed by atoms with van der Waals surface area (Å²) in [7, 11) is 0. The monoisotopic (exact) mass is 624 g/mol. The van der Waals surface area contributed by atoms with Gasteiger partial charge in [-0.05, 0) is 36.4 Å². The van der Waals surface area contributed by atoms with E-state index in [1.807, 2.05) is 35.2 Å². The van der Waals surface area contributed by atoms with Gasteiger partial charge in [-0.3, -0.25) is 0 Å². The van der Waals surface area contributed by atoms with Crippen LogP contribution in [-0.2, 0) is 19.0 Å². The van der Waals surface area contributed by atoms with Crippen molar-refractivity contribution >= 4 is 40.9 Å². The first-order chi connectivity index (χ1) is 20.5. The zero-order chi connectivity index (χ0) is 30.6. The van der Waals surface area contributed by atoms with E-state index in [1.54, 1.807) is 12.3 Å². The van der Waals surface area contributed by atoms with Crippen LogP contribution in [0.3, 0.4) is 0 Å². The standard InChI is InChI=1S/C26H22F6N8O2S/c27-25(28,29)16-12-17(26(30,31)32)14-20(13-16)36-24(41)40-10-8-39(9-11-40)21-22(38-43-37-21)42-15-19-6-7-33-23(35-19)34-18-4-2-1-3-5-18/h1-7,12-14H,8-11,15H2,(H,36,41)(H,33,34,35). The van der Waals surface area contributed by atoms with Crippen LogP contribution in [0.5, 0.6) is 5.88 Å². The quantitative estimate of drug-likeness (QED) is 0.240. The minimum absolute atomic E-state index is 0.00125. The number of alkyl halides is 6. The smallest absolute Gasteiger partial charge is 0.416 e. The molecule has 0 atom stereocenters. The Morgan fingerprint density at radius 1 is 0.884 bits per heavy atom. The Hall–Kier alpha value is -4.67. The zero-order valence-corrected chi connectivity index (χ0v) is 22.8. The number of halogens is 6. The molecule has 43 heavy (non-hydrogen) atoms. The summed E-state index contributed by atoms with van der Waals surface area (Å²) in [5.41, 5.74) is -2.24. The number of anilines is 4. The van der Waals surface area contributed by atoms with Gasteiger partial charge in [0.05, 0.1) is 28.5 Å². The van der Waals surface area contributed by atoms with Crippen molar-refractivity contribution in [1.29, 1.82) is 0 Å². The summed E-state index contributed by atoms with van der Waals surface area (Å²) in [6.07, 6.45) is -8.46. The van der Waals surface area contributed by atoms with Crippen LogP contribution in [0.15, 0.2) is 60.8 Å². The highest BCUT2D eigenvalue weighted by atomic mass is 32.1. The van der Waals surface area contributed by atoms with Gasteiger partial charge in [-0.1, -0.05) is 18.2 Å². The van der Waals surface area contributed by atoms with Crippen molar-refractivity contribution in [3.8, 4) is 5.88 Å². The van der Waals surface area contributed by atoms with Crippen LogP contribution >= 0.6 is 11.7 Å². The van der Waals surface area contributed by atoms with E-state index >= 15 is 0 Å². The Morgan fingerprint density at radius 3 is 2.21 bits per heavy atom. The maximum absolute atomic E-state index is 13.2. The van der Waals surface area contributed by atoms with Gasteiger partial charge in [0.25, 0.3) is 5.88 Å². The second-order valence-corrected chi connectivity index (χ2v) is 9.77. The number of aromatic nitrogens is 4. The van der Waals surface area contributed by atoms with Gasteiger partial charge in [0.15, 0.2) is 0 Å². The lowest BCUT2D eigenvalue weighted by atomic mass is 10.1. The molecule has 0 radical (unpaired) electrons. The second-order valence-electron chi connectivity index (χ2n) is 9.24. The van der Waals surface area contributed by atoms with Crippen molar-refractivity contribution in [3.63, 3.8) is 0 Å². The van der Waals surface area contributed by atoms with Crippen molar-refractivity contribution in [2.45, 2.75) is 19.0 Å². The summed E-state index contributed by atoms with van der Waals surface area (Å²) in [6, 6.07) is 11.2. The van der Waals surface area contributed by atoms with Crippen molar-refractivity contribution < 1.29 is 35.9 Å². The number of urea groups is 1. The van der Waals surface area contributed by atoms with Gasteiger partial charge in [-0.2, -0.15) is 30.7 Å². The van der Waals surface area contributed by atoms with Crippen LogP contribution in [0.25, 0.3) is 0 Å². The Labute approximate surface area is 244 Å². The van der Waals surface area contributed by atoms with E-state index in [9.17, 15) is 31.1 Å². The molecule has 0 unspecified atom stereocenters. The molecule has 0 bridgehead atoms. The van der Waals surface area contributed by atoms with Crippen LogP contribution in [0.1, 0.15) is 16.8 Å². The summed E-state index contributed by atoms with van der Waals surface area (Å²) >= 11 is 0.927. The SMILES string of the molecule is O=C(Nc1cc(C(F)(F)F)cc(C(F)(F)F)c1)N1CCN(c2nsnc2OCc2ccnc(Nc3ccccc3)n2)CC1. The summed E-state index contributed by atoms with van der Waals surface area (Å²) in [5.74, 6) is 1.08. The van der Waals surface area contributed by atoms with Gasteiger partial charge in [0, 0.05) is 43.8 Å². The number of carbonyl (C=O) groups excluding carboxylic acids is 1. The van der Waals surface area contributed by atoms with Crippen LogP contribution in [-0.4, -0.2) is 55.8 Å². The number of nitrogens with one attached hydrogen (secondary N) is 2. The lowest BCUT2D eigenvalue weighted by Crippen LogP contribution is -2.50. The van der Waals surface area contributed by atoms with E-state index in [1.165, 1.54) is 4.90 Å². The molecular weight excluding hydrogens is 602 g/mol. The van der Waals surface area contributed by atoms with E-state index in [2.05, 4.69) is 29.3 Å². The average Bonchev–Trinajstić information content (AvgIpc) is 3.44. The first kappa shape index (κ1) is 29.8. The lowest BCUT2D eigenvalue weighted by Gasteiger charge is -2.34. The molecule has 0 saturated carbocycles. The molecule has 0 spiro atoms. The Morgan fingerprint density at radius 2 is 1.56 bits per heavy atom. The third-order valence-corrected chi connectivity index (χ3v) is 6.75. The maximum atomic E-state index is 13.2. The molecule has 2 aromatic heterocycles. The number of nitrogens with zero attached hydrogens (tertiary/aromatic N) is 6. The Bertz CT molecular complexity index is 1530. The molecule has 2 aromatic carbocycles. The Balaban J connectivity index is 1.18. The molecule has 1 aliphatic heterocycles. The lowest BCUT2D eigenvalue weighted by molar-refractivity contribution is -0.143. The first-order valence-electron chi connectivity index (χ1n) is 12.7. The van der Waals surface area contributed by atoms with Crippen LogP contribution in [0.2, 0.25) is 0 Å². The largest absolute Gasteiger partial charge is 0.468 e. The van der Waals surface area contributed by atoms with Gasteiger partial charge in [0.1, 0.15) is 6.61 Å². The summed E-state index contributed by atoms with van der Waals surface area (Å²) < 4.78 is 93.3. The minimum Gasteiger partial charge on any atom is -0.468 e. The van der Waals surface area contributed by atoms with Crippen molar-refractivity contribution in [2.75, 3.05) is 41.7 Å². The molecule has 10 nitrogen and oxygen atoms in total. The van der Waals surface area contributed by atoms with Gasteiger partial charge < -0.3 is 25.2 Å². The normalized spacial score (nSPS) is 14.0. The van der Waals surface area contributed by atoms with E-state index < -0.39 is 35.2 Å². The second kappa shape index (κ2) is 12.3. The van der Waals surface area contributed by atoms with Crippen LogP contribution in [0, 0.1) is 0 Å². The molecule has 2 N–H and O–H groups in total. The molecule has 1 aliphatic rings. The number of benzene rings is 2. The van der Waals surface area contributed by atoms with Gasteiger partial charge in [-0.15, -0.1) is 4.37 Å². The third-order valence-electron chi connectivity index (χ3n) is 6.25. The minimum atomic E-state index is -5.03. The van der Waals surface area contributed by atoms with Crippen molar-refractivity contribution in [2.24, 2.45) is 0 Å². The fraction of sp³-hybridized carbons (Fsp3) is 0.269. The predicted molar refractivity (Wildman–Crippen MR) is 145 cm³/mol. The van der Waals surface area contributed by atoms with Crippen LogP contribution in [0.4, 0.5) is 54.3 Å². The number of hydrogen-bond acceptors (Lipinski definition) is 9. The number of hydrogen-bond donors (Lipinski definition) is 2. The summed E-state index contributed by atoms with van der Waals surface area (Å²) in [4.78, 5) is 24.4. The van der Waals surface area contributed by atoms with Gasteiger partial charge >= 0.3 is 18.4 Å². The summed E-state index contributed by atoms with van der Waals surface area (Å²) in [5, 5.41) is 5.25.